The van der Waals surface area contributed by atoms with Gasteiger partial charge in [0.15, 0.2) is 0 Å². The molecule has 2 amide bonds. The van der Waals surface area contributed by atoms with Crippen LogP contribution in [0.2, 0.25) is 0 Å². The SMILES string of the molecule is CNC(=O)N1C[C@@H](CN(C)C)[C@H](NS(=O)(=O)c2cccc3cccnc23)C1. The number of hydrogen-bond donors (Lipinski definition) is 2. The Morgan fingerprint density at radius 2 is 2.00 bits per heavy atom. The molecule has 3 rings (SSSR count). The van der Waals surface area contributed by atoms with E-state index in [-0.39, 0.29) is 22.9 Å². The quantitative estimate of drug-likeness (QED) is 0.783. The highest BCUT2D eigenvalue weighted by atomic mass is 32.2. The van der Waals surface area contributed by atoms with Crippen LogP contribution in [0.15, 0.2) is 41.4 Å². The van der Waals surface area contributed by atoms with E-state index in [4.69, 9.17) is 0 Å². The number of rotatable bonds is 5. The van der Waals surface area contributed by atoms with Crippen LogP contribution in [0.25, 0.3) is 10.9 Å². The van der Waals surface area contributed by atoms with Gasteiger partial charge in [-0.25, -0.2) is 17.9 Å². The lowest BCUT2D eigenvalue weighted by atomic mass is 10.0. The molecule has 2 N–H and O–H groups in total. The van der Waals surface area contributed by atoms with Crippen LogP contribution in [-0.2, 0) is 10.0 Å². The van der Waals surface area contributed by atoms with Crippen molar-refractivity contribution in [1.82, 2.24) is 24.8 Å². The summed E-state index contributed by atoms with van der Waals surface area (Å²) < 4.78 is 29.0. The van der Waals surface area contributed by atoms with Crippen LogP contribution in [0.5, 0.6) is 0 Å². The molecule has 2 aromatic rings. The number of nitrogens with one attached hydrogen (secondary N) is 2. The average molecular weight is 391 g/mol. The number of carbonyl (C=O) groups is 1. The maximum absolute atomic E-state index is 13.1. The molecule has 1 aromatic carbocycles. The fourth-order valence-electron chi connectivity index (χ4n) is 3.54. The van der Waals surface area contributed by atoms with E-state index in [2.05, 4.69) is 15.0 Å². The first-order valence-electron chi connectivity index (χ1n) is 8.79. The topological polar surface area (TPSA) is 94.6 Å². The molecule has 0 spiro atoms. The van der Waals surface area contributed by atoms with E-state index in [1.165, 1.54) is 0 Å². The molecule has 0 saturated carbocycles. The molecule has 2 heterocycles. The van der Waals surface area contributed by atoms with E-state index >= 15 is 0 Å². The minimum Gasteiger partial charge on any atom is -0.341 e. The van der Waals surface area contributed by atoms with Crippen LogP contribution in [0, 0.1) is 5.92 Å². The number of pyridine rings is 1. The maximum atomic E-state index is 13.1. The third kappa shape index (κ3) is 4.20. The standard InChI is InChI=1S/C18H25N5O3S/c1-19-18(24)23-11-14(10-22(2)3)15(12-23)21-27(25,26)16-8-4-6-13-7-5-9-20-17(13)16/h4-9,14-15,21H,10-12H2,1-3H3,(H,19,24)/t14-,15-/m1/s1. The summed E-state index contributed by atoms with van der Waals surface area (Å²) in [5.74, 6) is -0.00462. The normalized spacial score (nSPS) is 20.4. The second-order valence-electron chi connectivity index (χ2n) is 7.04. The highest BCUT2D eigenvalue weighted by Gasteiger charge is 2.38. The Morgan fingerprint density at radius 3 is 2.70 bits per heavy atom. The summed E-state index contributed by atoms with van der Waals surface area (Å²) in [6.07, 6.45) is 1.58. The Balaban J connectivity index is 1.89. The molecule has 2 atom stereocenters. The molecule has 27 heavy (non-hydrogen) atoms. The van der Waals surface area contributed by atoms with Crippen molar-refractivity contribution in [2.75, 3.05) is 40.8 Å². The number of urea groups is 1. The molecule has 0 unspecified atom stereocenters. The summed E-state index contributed by atoms with van der Waals surface area (Å²) in [4.78, 5) is 20.1. The smallest absolute Gasteiger partial charge is 0.317 e. The summed E-state index contributed by atoms with van der Waals surface area (Å²) in [5, 5.41) is 3.37. The first-order valence-corrected chi connectivity index (χ1v) is 10.3. The second-order valence-corrected chi connectivity index (χ2v) is 8.72. The number of amides is 2. The van der Waals surface area contributed by atoms with Crippen LogP contribution in [-0.4, -0.2) is 76.1 Å². The van der Waals surface area contributed by atoms with E-state index < -0.39 is 10.0 Å². The van der Waals surface area contributed by atoms with E-state index in [0.717, 1.165) is 5.39 Å². The van der Waals surface area contributed by atoms with Crippen molar-refractivity contribution in [2.45, 2.75) is 10.9 Å². The van der Waals surface area contributed by atoms with E-state index in [1.807, 2.05) is 31.1 Å². The van der Waals surface area contributed by atoms with Gasteiger partial charge in [0.05, 0.1) is 5.52 Å². The number of likely N-dealkylation sites (tertiary alicyclic amines) is 1. The number of nitrogens with zero attached hydrogens (tertiary/aromatic N) is 3. The molecule has 1 saturated heterocycles. The predicted octanol–water partition coefficient (Wildman–Crippen LogP) is 0.715. The number of carbonyl (C=O) groups excluding carboxylic acids is 1. The van der Waals surface area contributed by atoms with Crippen molar-refractivity contribution in [1.29, 1.82) is 0 Å². The zero-order valence-electron chi connectivity index (χ0n) is 15.7. The van der Waals surface area contributed by atoms with E-state index in [0.29, 0.717) is 25.2 Å². The summed E-state index contributed by atoms with van der Waals surface area (Å²) in [5.41, 5.74) is 0.442. The van der Waals surface area contributed by atoms with Gasteiger partial charge in [-0.2, -0.15) is 0 Å². The summed E-state index contributed by atoms with van der Waals surface area (Å²) in [7, 11) is 1.65. The van der Waals surface area contributed by atoms with Gasteiger partial charge < -0.3 is 15.1 Å². The van der Waals surface area contributed by atoms with Gasteiger partial charge in [-0.3, -0.25) is 4.98 Å². The van der Waals surface area contributed by atoms with Gasteiger partial charge in [0.1, 0.15) is 4.90 Å². The number of fused-ring (bicyclic) bond motifs is 1. The minimum absolute atomic E-state index is 0.00462. The second kappa shape index (κ2) is 7.79. The van der Waals surface area contributed by atoms with E-state index in [1.54, 1.807) is 36.3 Å². The zero-order valence-corrected chi connectivity index (χ0v) is 16.5. The fourth-order valence-corrected chi connectivity index (χ4v) is 5.01. The van der Waals surface area contributed by atoms with Crippen LogP contribution in [0.3, 0.4) is 0 Å². The van der Waals surface area contributed by atoms with Gasteiger partial charge in [0.25, 0.3) is 0 Å². The number of sulfonamides is 1. The molecule has 8 nitrogen and oxygen atoms in total. The third-order valence-corrected chi connectivity index (χ3v) is 6.26. The summed E-state index contributed by atoms with van der Waals surface area (Å²) in [6, 6.07) is 8.14. The molecule has 1 aromatic heterocycles. The highest BCUT2D eigenvalue weighted by Crippen LogP contribution is 2.24. The average Bonchev–Trinajstić information content (AvgIpc) is 3.01. The van der Waals surface area contributed by atoms with Gasteiger partial charge >= 0.3 is 6.03 Å². The van der Waals surface area contributed by atoms with Gasteiger partial charge in [0, 0.05) is 50.2 Å². The van der Waals surface area contributed by atoms with E-state index in [9.17, 15) is 13.2 Å². The first kappa shape index (κ1) is 19.5. The van der Waals surface area contributed by atoms with Crippen molar-refractivity contribution in [3.8, 4) is 0 Å². The summed E-state index contributed by atoms with van der Waals surface area (Å²) >= 11 is 0. The first-order chi connectivity index (χ1) is 12.8. The fraction of sp³-hybridized carbons (Fsp3) is 0.444. The third-order valence-electron chi connectivity index (χ3n) is 4.73. The molecule has 1 fully saturated rings. The molecule has 146 valence electrons. The Kier molecular flexibility index (Phi) is 5.64. The summed E-state index contributed by atoms with van der Waals surface area (Å²) in [6.45, 7) is 1.50. The van der Waals surface area contributed by atoms with Crippen LogP contribution in [0.4, 0.5) is 4.79 Å². The Bertz CT molecular complexity index is 926. The molecular weight excluding hydrogens is 366 g/mol. The lowest BCUT2D eigenvalue weighted by Crippen LogP contribution is -2.43. The van der Waals surface area contributed by atoms with Crippen LogP contribution >= 0.6 is 0 Å². The molecule has 1 aliphatic rings. The van der Waals surface area contributed by atoms with Crippen molar-refractivity contribution >= 4 is 27.0 Å². The predicted molar refractivity (Wildman–Crippen MR) is 104 cm³/mol. The molecule has 1 aliphatic heterocycles. The van der Waals surface area contributed by atoms with Crippen LogP contribution in [0.1, 0.15) is 0 Å². The highest BCUT2D eigenvalue weighted by molar-refractivity contribution is 7.89. The van der Waals surface area contributed by atoms with Crippen molar-refractivity contribution in [2.24, 2.45) is 5.92 Å². The largest absolute Gasteiger partial charge is 0.341 e. The van der Waals surface area contributed by atoms with Crippen LogP contribution < -0.4 is 10.0 Å². The van der Waals surface area contributed by atoms with Crippen molar-refractivity contribution in [3.05, 3.63) is 36.5 Å². The molecule has 0 radical (unpaired) electrons. The van der Waals surface area contributed by atoms with Gasteiger partial charge in [-0.1, -0.05) is 18.2 Å². The van der Waals surface area contributed by atoms with Crippen molar-refractivity contribution < 1.29 is 13.2 Å². The van der Waals surface area contributed by atoms with Gasteiger partial charge in [-0.15, -0.1) is 0 Å². The number of aromatic nitrogens is 1. The molecular formula is C18H25N5O3S. The zero-order chi connectivity index (χ0) is 19.6. The van der Waals surface area contributed by atoms with Gasteiger partial charge in [0.2, 0.25) is 10.0 Å². The minimum atomic E-state index is -3.78. The number of hydrogen-bond acceptors (Lipinski definition) is 5. The Hall–Kier alpha value is -2.23. The lowest BCUT2D eigenvalue weighted by molar-refractivity contribution is 0.207. The Labute approximate surface area is 159 Å². The number of benzene rings is 1. The van der Waals surface area contributed by atoms with Gasteiger partial charge in [-0.05, 0) is 26.2 Å². The molecule has 0 aliphatic carbocycles. The number of para-hydroxylation sites is 1. The Morgan fingerprint density at radius 1 is 1.26 bits per heavy atom. The molecule has 0 bridgehead atoms. The monoisotopic (exact) mass is 391 g/mol. The maximum Gasteiger partial charge on any atom is 0.317 e. The van der Waals surface area contributed by atoms with Crippen molar-refractivity contribution in [3.63, 3.8) is 0 Å². The lowest BCUT2D eigenvalue weighted by Gasteiger charge is -2.22. The molecule has 9 heteroatoms.